The van der Waals surface area contributed by atoms with Crippen molar-refractivity contribution in [2.24, 2.45) is 0 Å². The van der Waals surface area contributed by atoms with E-state index < -0.39 is 0 Å². The molecule has 1 aliphatic heterocycles. The highest BCUT2D eigenvalue weighted by Crippen LogP contribution is 2.30. The standard InChI is InChI=1S/C10H14BrN3/c1-2-8-4-3-5-14(8)10-9(11)6-12-7-13-10/h6-8H,2-5H2,1H3. The summed E-state index contributed by atoms with van der Waals surface area (Å²) in [7, 11) is 0. The fourth-order valence-corrected chi connectivity index (χ4v) is 2.50. The molecule has 2 heterocycles. The lowest BCUT2D eigenvalue weighted by Crippen LogP contribution is -2.29. The molecule has 3 nitrogen and oxygen atoms in total. The van der Waals surface area contributed by atoms with Crippen molar-refractivity contribution >= 4 is 21.7 Å². The third-order valence-electron chi connectivity index (χ3n) is 2.77. The van der Waals surface area contributed by atoms with Gasteiger partial charge in [0.15, 0.2) is 0 Å². The van der Waals surface area contributed by atoms with E-state index in [2.05, 4.69) is 37.7 Å². The molecule has 0 saturated carbocycles. The average Bonchev–Trinajstić information content (AvgIpc) is 2.66. The molecule has 1 aromatic rings. The maximum absolute atomic E-state index is 4.33. The van der Waals surface area contributed by atoms with Crippen LogP contribution in [0.4, 0.5) is 5.82 Å². The summed E-state index contributed by atoms with van der Waals surface area (Å²) < 4.78 is 1.00. The van der Waals surface area contributed by atoms with Crippen LogP contribution in [0.1, 0.15) is 26.2 Å². The number of hydrogen-bond acceptors (Lipinski definition) is 3. The third kappa shape index (κ3) is 1.75. The summed E-state index contributed by atoms with van der Waals surface area (Å²) >= 11 is 3.50. The van der Waals surface area contributed by atoms with Gasteiger partial charge in [0.05, 0.1) is 4.47 Å². The molecule has 1 saturated heterocycles. The summed E-state index contributed by atoms with van der Waals surface area (Å²) in [6, 6.07) is 0.654. The Bertz CT molecular complexity index is 316. The molecule has 0 spiro atoms. The predicted octanol–water partition coefficient (Wildman–Crippen LogP) is 2.62. The minimum atomic E-state index is 0.654. The second-order valence-electron chi connectivity index (χ2n) is 3.59. The second-order valence-corrected chi connectivity index (χ2v) is 4.45. The van der Waals surface area contributed by atoms with Gasteiger partial charge in [0.25, 0.3) is 0 Å². The Hall–Kier alpha value is -0.640. The highest BCUT2D eigenvalue weighted by Gasteiger charge is 2.25. The van der Waals surface area contributed by atoms with E-state index in [1.54, 1.807) is 6.33 Å². The molecule has 0 aromatic carbocycles. The summed E-state index contributed by atoms with van der Waals surface area (Å²) in [5.41, 5.74) is 0. The highest BCUT2D eigenvalue weighted by molar-refractivity contribution is 9.10. The second kappa shape index (κ2) is 4.26. The molecule has 1 fully saturated rings. The third-order valence-corrected chi connectivity index (χ3v) is 3.33. The van der Waals surface area contributed by atoms with Crippen LogP contribution < -0.4 is 4.90 Å². The molecule has 2 rings (SSSR count). The van der Waals surface area contributed by atoms with Gasteiger partial charge in [0, 0.05) is 18.8 Å². The van der Waals surface area contributed by atoms with E-state index in [4.69, 9.17) is 0 Å². The summed E-state index contributed by atoms with van der Waals surface area (Å²) in [4.78, 5) is 10.7. The van der Waals surface area contributed by atoms with Crippen molar-refractivity contribution in [2.75, 3.05) is 11.4 Å². The minimum absolute atomic E-state index is 0.654. The summed E-state index contributed by atoms with van der Waals surface area (Å²) in [6.07, 6.45) is 7.18. The predicted molar refractivity (Wildman–Crippen MR) is 60.4 cm³/mol. The average molecular weight is 256 g/mol. The number of rotatable bonds is 2. The quantitative estimate of drug-likeness (QED) is 0.814. The molecule has 76 valence electrons. The largest absolute Gasteiger partial charge is 0.353 e. The smallest absolute Gasteiger partial charge is 0.146 e. The van der Waals surface area contributed by atoms with Gasteiger partial charge in [-0.1, -0.05) is 6.92 Å². The van der Waals surface area contributed by atoms with Crippen LogP contribution in [0.15, 0.2) is 17.0 Å². The monoisotopic (exact) mass is 255 g/mol. The Morgan fingerprint density at radius 1 is 1.64 bits per heavy atom. The van der Waals surface area contributed by atoms with Crippen molar-refractivity contribution in [3.63, 3.8) is 0 Å². The van der Waals surface area contributed by atoms with E-state index in [0.717, 1.165) is 16.8 Å². The van der Waals surface area contributed by atoms with Crippen molar-refractivity contribution in [3.8, 4) is 0 Å². The Kier molecular flexibility index (Phi) is 3.01. The van der Waals surface area contributed by atoms with Crippen LogP contribution in [0.5, 0.6) is 0 Å². The molecule has 1 aliphatic rings. The Labute approximate surface area is 92.7 Å². The van der Waals surface area contributed by atoms with Gasteiger partial charge < -0.3 is 4.90 Å². The van der Waals surface area contributed by atoms with Gasteiger partial charge >= 0.3 is 0 Å². The lowest BCUT2D eigenvalue weighted by Gasteiger charge is -2.25. The topological polar surface area (TPSA) is 29.0 Å². The van der Waals surface area contributed by atoms with E-state index in [9.17, 15) is 0 Å². The fraction of sp³-hybridized carbons (Fsp3) is 0.600. The molecular formula is C10H14BrN3. The molecule has 0 radical (unpaired) electrons. The van der Waals surface area contributed by atoms with Crippen LogP contribution in [-0.2, 0) is 0 Å². The zero-order valence-corrected chi connectivity index (χ0v) is 9.87. The van der Waals surface area contributed by atoms with Gasteiger partial charge in [0.2, 0.25) is 0 Å². The van der Waals surface area contributed by atoms with Gasteiger partial charge in [-0.3, -0.25) is 0 Å². The first-order valence-corrected chi connectivity index (χ1v) is 5.84. The molecule has 1 aromatic heterocycles. The normalized spacial score (nSPS) is 21.6. The van der Waals surface area contributed by atoms with Crippen molar-refractivity contribution in [2.45, 2.75) is 32.2 Å². The Morgan fingerprint density at radius 2 is 2.50 bits per heavy atom. The maximum Gasteiger partial charge on any atom is 0.146 e. The molecule has 1 atom stereocenters. The van der Waals surface area contributed by atoms with Gasteiger partial charge in [-0.2, -0.15) is 0 Å². The lowest BCUT2D eigenvalue weighted by atomic mass is 10.2. The van der Waals surface area contributed by atoms with Crippen LogP contribution in [0.2, 0.25) is 0 Å². The summed E-state index contributed by atoms with van der Waals surface area (Å²) in [6.45, 7) is 3.35. The maximum atomic E-state index is 4.33. The Morgan fingerprint density at radius 3 is 3.21 bits per heavy atom. The zero-order valence-electron chi connectivity index (χ0n) is 8.28. The van der Waals surface area contributed by atoms with Crippen molar-refractivity contribution < 1.29 is 0 Å². The number of anilines is 1. The number of hydrogen-bond donors (Lipinski definition) is 0. The molecule has 0 amide bonds. The van der Waals surface area contributed by atoms with Gasteiger partial charge in [0.1, 0.15) is 12.1 Å². The first-order chi connectivity index (χ1) is 6.83. The van der Waals surface area contributed by atoms with E-state index in [-0.39, 0.29) is 0 Å². The van der Waals surface area contributed by atoms with Crippen molar-refractivity contribution in [3.05, 3.63) is 17.0 Å². The molecule has 0 aliphatic carbocycles. The number of aromatic nitrogens is 2. The van der Waals surface area contributed by atoms with Gasteiger partial charge in [-0.15, -0.1) is 0 Å². The fourth-order valence-electron chi connectivity index (χ4n) is 2.06. The highest BCUT2D eigenvalue weighted by atomic mass is 79.9. The van der Waals surface area contributed by atoms with Crippen LogP contribution in [0.3, 0.4) is 0 Å². The molecular weight excluding hydrogens is 242 g/mol. The first-order valence-electron chi connectivity index (χ1n) is 5.05. The SMILES string of the molecule is CCC1CCCN1c1ncncc1Br. The summed E-state index contributed by atoms with van der Waals surface area (Å²) in [5.74, 6) is 1.05. The van der Waals surface area contributed by atoms with Crippen LogP contribution >= 0.6 is 15.9 Å². The van der Waals surface area contributed by atoms with E-state index in [0.29, 0.717) is 6.04 Å². The Balaban J connectivity index is 2.26. The van der Waals surface area contributed by atoms with Crippen molar-refractivity contribution in [1.29, 1.82) is 0 Å². The molecule has 4 heteroatoms. The molecule has 14 heavy (non-hydrogen) atoms. The zero-order chi connectivity index (χ0) is 9.97. The molecule has 1 unspecified atom stereocenters. The lowest BCUT2D eigenvalue weighted by molar-refractivity contribution is 0.639. The van der Waals surface area contributed by atoms with E-state index >= 15 is 0 Å². The van der Waals surface area contributed by atoms with Crippen LogP contribution in [0, 0.1) is 0 Å². The van der Waals surface area contributed by atoms with E-state index in [1.807, 2.05) is 6.20 Å². The van der Waals surface area contributed by atoms with Gasteiger partial charge in [-0.25, -0.2) is 9.97 Å². The van der Waals surface area contributed by atoms with E-state index in [1.165, 1.54) is 19.3 Å². The summed E-state index contributed by atoms with van der Waals surface area (Å²) in [5, 5.41) is 0. The number of halogens is 1. The first kappa shape index (κ1) is 9.90. The van der Waals surface area contributed by atoms with Crippen molar-refractivity contribution in [1.82, 2.24) is 9.97 Å². The molecule has 0 N–H and O–H groups in total. The number of nitrogens with zero attached hydrogens (tertiary/aromatic N) is 3. The van der Waals surface area contributed by atoms with Crippen LogP contribution in [-0.4, -0.2) is 22.6 Å². The minimum Gasteiger partial charge on any atom is -0.353 e. The van der Waals surface area contributed by atoms with Gasteiger partial charge in [-0.05, 0) is 35.2 Å². The molecule has 0 bridgehead atoms. The van der Waals surface area contributed by atoms with Crippen LogP contribution in [0.25, 0.3) is 0 Å².